The molecule has 2 amide bonds. The number of aryl methyl sites for hydroxylation is 2. The Hall–Kier alpha value is -2.70. The monoisotopic (exact) mass is 318 g/mol. The Morgan fingerprint density at radius 3 is 2.74 bits per heavy atom. The molecule has 1 heterocycles. The molecule has 0 bridgehead atoms. The second-order valence-corrected chi connectivity index (χ2v) is 5.08. The van der Waals surface area contributed by atoms with E-state index in [2.05, 4.69) is 15.7 Å². The predicted octanol–water partition coefficient (Wildman–Crippen LogP) is 1.40. The molecule has 2 rings (SSSR count). The zero-order valence-corrected chi connectivity index (χ0v) is 13.1. The first-order chi connectivity index (χ1) is 11.0. The first-order valence-electron chi connectivity index (χ1n) is 7.33. The second-order valence-electron chi connectivity index (χ2n) is 5.08. The van der Waals surface area contributed by atoms with Crippen LogP contribution in [0.15, 0.2) is 30.3 Å². The van der Waals surface area contributed by atoms with Crippen LogP contribution in [0.5, 0.6) is 0 Å². The third-order valence-corrected chi connectivity index (χ3v) is 3.22. The molecule has 0 saturated carbocycles. The zero-order chi connectivity index (χ0) is 16.8. The highest BCUT2D eigenvalue weighted by Crippen LogP contribution is 2.04. The van der Waals surface area contributed by atoms with E-state index in [0.717, 1.165) is 5.69 Å². The molecule has 0 fully saturated rings. The summed E-state index contributed by atoms with van der Waals surface area (Å²) in [4.78, 5) is 23.8. The Kier molecular flexibility index (Phi) is 5.46. The highest BCUT2D eigenvalue weighted by Gasteiger charge is 2.13. The minimum atomic E-state index is -0.353. The Morgan fingerprint density at radius 1 is 1.26 bits per heavy atom. The number of carbonyl (C=O) groups excluding carboxylic acids is 2. The third-order valence-electron chi connectivity index (χ3n) is 3.22. The minimum Gasteiger partial charge on any atom is -0.350 e. The molecule has 23 heavy (non-hydrogen) atoms. The summed E-state index contributed by atoms with van der Waals surface area (Å²) < 4.78 is 14.6. The summed E-state index contributed by atoms with van der Waals surface area (Å²) in [7, 11) is 0. The van der Waals surface area contributed by atoms with E-state index < -0.39 is 0 Å². The molecule has 0 aliphatic rings. The fourth-order valence-electron chi connectivity index (χ4n) is 2.13. The maximum absolute atomic E-state index is 13.0. The normalized spacial score (nSPS) is 10.4. The predicted molar refractivity (Wildman–Crippen MR) is 83.2 cm³/mol. The van der Waals surface area contributed by atoms with Crippen molar-refractivity contribution < 1.29 is 14.0 Å². The van der Waals surface area contributed by atoms with Crippen molar-refractivity contribution in [1.82, 2.24) is 20.4 Å². The molecule has 2 aromatic rings. The molecule has 0 unspecified atom stereocenters. The molecule has 0 aliphatic carbocycles. The molecular weight excluding hydrogens is 299 g/mol. The lowest BCUT2D eigenvalue weighted by Crippen LogP contribution is -2.37. The number of nitrogens with one attached hydrogen (secondary N) is 2. The summed E-state index contributed by atoms with van der Waals surface area (Å²) in [5.74, 6) is -1.05. The summed E-state index contributed by atoms with van der Waals surface area (Å²) >= 11 is 0. The average molecular weight is 318 g/mol. The molecule has 1 aromatic carbocycles. The van der Waals surface area contributed by atoms with Crippen LogP contribution in [-0.2, 0) is 17.9 Å². The van der Waals surface area contributed by atoms with Gasteiger partial charge in [0.25, 0.3) is 5.91 Å². The van der Waals surface area contributed by atoms with Gasteiger partial charge in [-0.3, -0.25) is 14.3 Å². The smallest absolute Gasteiger partial charge is 0.269 e. The van der Waals surface area contributed by atoms with E-state index in [1.54, 1.807) is 29.8 Å². The lowest BCUT2D eigenvalue weighted by molar-refractivity contribution is -0.120. The molecule has 7 heteroatoms. The molecule has 1 aromatic heterocycles. The Bertz CT molecular complexity index is 712. The largest absolute Gasteiger partial charge is 0.350 e. The van der Waals surface area contributed by atoms with Crippen molar-refractivity contribution in [2.24, 2.45) is 0 Å². The van der Waals surface area contributed by atoms with E-state index in [1.807, 2.05) is 6.92 Å². The van der Waals surface area contributed by atoms with Crippen LogP contribution in [-0.4, -0.2) is 28.1 Å². The van der Waals surface area contributed by atoms with Crippen LogP contribution in [0.25, 0.3) is 0 Å². The fourth-order valence-corrected chi connectivity index (χ4v) is 2.13. The van der Waals surface area contributed by atoms with Gasteiger partial charge in [0.2, 0.25) is 5.91 Å². The van der Waals surface area contributed by atoms with Gasteiger partial charge in [-0.2, -0.15) is 5.10 Å². The van der Waals surface area contributed by atoms with Gasteiger partial charge in [-0.05, 0) is 37.6 Å². The zero-order valence-electron chi connectivity index (χ0n) is 13.1. The van der Waals surface area contributed by atoms with Crippen LogP contribution in [0.1, 0.15) is 28.7 Å². The molecule has 2 N–H and O–H groups in total. The van der Waals surface area contributed by atoms with E-state index in [-0.39, 0.29) is 30.7 Å². The molecular formula is C16H19FN4O2. The van der Waals surface area contributed by atoms with E-state index in [9.17, 15) is 14.0 Å². The lowest BCUT2D eigenvalue weighted by Gasteiger charge is -2.08. The van der Waals surface area contributed by atoms with Crippen molar-refractivity contribution in [2.75, 3.05) is 6.54 Å². The van der Waals surface area contributed by atoms with Crippen molar-refractivity contribution >= 4 is 11.8 Å². The SMILES string of the molecule is CCn1nc(C)cc1C(=O)NCC(=O)NCc1cccc(F)c1. The first-order valence-corrected chi connectivity index (χ1v) is 7.33. The lowest BCUT2D eigenvalue weighted by atomic mass is 10.2. The summed E-state index contributed by atoms with van der Waals surface area (Å²) in [6, 6.07) is 7.65. The van der Waals surface area contributed by atoms with Gasteiger partial charge in [-0.15, -0.1) is 0 Å². The number of nitrogens with zero attached hydrogens (tertiary/aromatic N) is 2. The number of aromatic nitrogens is 2. The van der Waals surface area contributed by atoms with Gasteiger partial charge in [0, 0.05) is 13.1 Å². The first kappa shape index (κ1) is 16.7. The number of halogens is 1. The van der Waals surface area contributed by atoms with Crippen molar-refractivity contribution in [3.8, 4) is 0 Å². The van der Waals surface area contributed by atoms with Gasteiger partial charge in [-0.25, -0.2) is 4.39 Å². The maximum atomic E-state index is 13.0. The highest BCUT2D eigenvalue weighted by molar-refractivity contribution is 5.95. The number of benzene rings is 1. The highest BCUT2D eigenvalue weighted by atomic mass is 19.1. The summed E-state index contributed by atoms with van der Waals surface area (Å²) in [5.41, 5.74) is 1.82. The number of rotatable bonds is 6. The third kappa shape index (κ3) is 4.64. The summed E-state index contributed by atoms with van der Waals surface area (Å²) in [5, 5.41) is 9.35. The molecule has 0 aliphatic heterocycles. The standard InChI is InChI=1S/C16H19FN4O2/c1-3-21-14(7-11(2)20-21)16(23)19-10-15(22)18-9-12-5-4-6-13(17)8-12/h4-8H,3,9-10H2,1-2H3,(H,18,22)(H,19,23). The van der Waals surface area contributed by atoms with Gasteiger partial charge in [0.15, 0.2) is 0 Å². The Labute approximate surface area is 133 Å². The molecule has 0 radical (unpaired) electrons. The van der Waals surface area contributed by atoms with Gasteiger partial charge < -0.3 is 10.6 Å². The van der Waals surface area contributed by atoms with E-state index in [4.69, 9.17) is 0 Å². The molecule has 122 valence electrons. The van der Waals surface area contributed by atoms with Gasteiger partial charge in [-0.1, -0.05) is 12.1 Å². The van der Waals surface area contributed by atoms with Crippen LogP contribution < -0.4 is 10.6 Å². The second kappa shape index (κ2) is 7.53. The van der Waals surface area contributed by atoms with Gasteiger partial charge in [0.1, 0.15) is 11.5 Å². The number of carbonyl (C=O) groups is 2. The number of hydrogen-bond acceptors (Lipinski definition) is 3. The topological polar surface area (TPSA) is 76.0 Å². The molecule has 0 spiro atoms. The fraction of sp³-hybridized carbons (Fsp3) is 0.312. The van der Waals surface area contributed by atoms with E-state index in [1.165, 1.54) is 12.1 Å². The van der Waals surface area contributed by atoms with Crippen LogP contribution in [0.3, 0.4) is 0 Å². The van der Waals surface area contributed by atoms with Crippen LogP contribution in [0.2, 0.25) is 0 Å². The van der Waals surface area contributed by atoms with Crippen molar-refractivity contribution in [1.29, 1.82) is 0 Å². The molecule has 6 nitrogen and oxygen atoms in total. The molecule has 0 saturated heterocycles. The Morgan fingerprint density at radius 2 is 2.04 bits per heavy atom. The molecule has 0 atom stereocenters. The van der Waals surface area contributed by atoms with Crippen molar-refractivity contribution in [2.45, 2.75) is 26.9 Å². The van der Waals surface area contributed by atoms with Crippen LogP contribution in [0.4, 0.5) is 4.39 Å². The van der Waals surface area contributed by atoms with Gasteiger partial charge in [0.05, 0.1) is 12.2 Å². The number of amides is 2. The van der Waals surface area contributed by atoms with Crippen molar-refractivity contribution in [3.05, 3.63) is 53.1 Å². The Balaban J connectivity index is 1.83. The van der Waals surface area contributed by atoms with Crippen LogP contribution in [0, 0.1) is 12.7 Å². The summed E-state index contributed by atoms with van der Waals surface area (Å²) in [6.45, 7) is 4.31. The van der Waals surface area contributed by atoms with Crippen LogP contribution >= 0.6 is 0 Å². The quantitative estimate of drug-likeness (QED) is 0.845. The summed E-state index contributed by atoms with van der Waals surface area (Å²) in [6.07, 6.45) is 0. The average Bonchev–Trinajstić information content (AvgIpc) is 2.92. The number of hydrogen-bond donors (Lipinski definition) is 2. The van der Waals surface area contributed by atoms with E-state index >= 15 is 0 Å². The van der Waals surface area contributed by atoms with Crippen molar-refractivity contribution in [3.63, 3.8) is 0 Å². The minimum absolute atomic E-state index is 0.151. The van der Waals surface area contributed by atoms with Gasteiger partial charge >= 0.3 is 0 Å². The maximum Gasteiger partial charge on any atom is 0.269 e. The van der Waals surface area contributed by atoms with E-state index in [0.29, 0.717) is 17.8 Å².